The quantitative estimate of drug-likeness (QED) is 0.533. The van der Waals surface area contributed by atoms with Crippen molar-refractivity contribution in [2.45, 2.75) is 19.8 Å². The second-order valence-corrected chi connectivity index (χ2v) is 3.25. The van der Waals surface area contributed by atoms with Crippen LogP contribution in [0.15, 0.2) is 29.3 Å². The lowest BCUT2D eigenvalue weighted by atomic mass is 10.0. The van der Waals surface area contributed by atoms with Gasteiger partial charge in [0.25, 0.3) is 0 Å². The summed E-state index contributed by atoms with van der Waals surface area (Å²) in [5, 5.41) is 0. The maximum atomic E-state index is 5.32. The first-order valence-corrected chi connectivity index (χ1v) is 4.30. The van der Waals surface area contributed by atoms with Crippen molar-refractivity contribution >= 4 is 11.6 Å². The van der Waals surface area contributed by atoms with Crippen LogP contribution in [0, 0.1) is 0 Å². The van der Waals surface area contributed by atoms with E-state index in [0.29, 0.717) is 5.92 Å². The normalized spacial score (nSPS) is 10.1. The number of para-hydroxylation sites is 1. The number of hydrogen-bond acceptors (Lipinski definition) is 1. The molecule has 0 spiro atoms. The summed E-state index contributed by atoms with van der Waals surface area (Å²) in [6, 6.07) is 7.86. The van der Waals surface area contributed by atoms with Crippen LogP contribution >= 0.6 is 0 Å². The zero-order valence-electron chi connectivity index (χ0n) is 7.99. The topological polar surface area (TPSA) is 64.4 Å². The van der Waals surface area contributed by atoms with Crippen LogP contribution in [0.1, 0.15) is 25.3 Å². The van der Waals surface area contributed by atoms with Crippen molar-refractivity contribution in [1.82, 2.24) is 0 Å². The second-order valence-electron chi connectivity index (χ2n) is 3.25. The van der Waals surface area contributed by atoms with Crippen molar-refractivity contribution in [3.8, 4) is 0 Å². The Morgan fingerprint density at radius 1 is 1.23 bits per heavy atom. The highest BCUT2D eigenvalue weighted by atomic mass is 15.0. The van der Waals surface area contributed by atoms with E-state index in [1.807, 2.05) is 24.3 Å². The molecule has 0 aliphatic carbocycles. The molecule has 0 heterocycles. The molecule has 0 radical (unpaired) electrons. The number of nitrogens with two attached hydrogens (primary N) is 2. The molecule has 13 heavy (non-hydrogen) atoms. The summed E-state index contributed by atoms with van der Waals surface area (Å²) >= 11 is 0. The van der Waals surface area contributed by atoms with Gasteiger partial charge in [-0.05, 0) is 17.5 Å². The van der Waals surface area contributed by atoms with E-state index >= 15 is 0 Å². The number of benzene rings is 1. The zero-order chi connectivity index (χ0) is 9.84. The molecule has 3 nitrogen and oxygen atoms in total. The van der Waals surface area contributed by atoms with Crippen LogP contribution in [0.25, 0.3) is 0 Å². The van der Waals surface area contributed by atoms with Gasteiger partial charge in [0.2, 0.25) is 0 Å². The van der Waals surface area contributed by atoms with Gasteiger partial charge in [0.1, 0.15) is 0 Å². The fraction of sp³-hybridized carbons (Fsp3) is 0.300. The second kappa shape index (κ2) is 3.94. The summed E-state index contributed by atoms with van der Waals surface area (Å²) < 4.78 is 0. The average Bonchev–Trinajstić information content (AvgIpc) is 2.03. The van der Waals surface area contributed by atoms with Gasteiger partial charge in [-0.25, -0.2) is 4.99 Å². The Kier molecular flexibility index (Phi) is 2.90. The largest absolute Gasteiger partial charge is 0.370 e. The lowest BCUT2D eigenvalue weighted by Crippen LogP contribution is -2.22. The molecule has 70 valence electrons. The molecule has 0 saturated carbocycles. The Labute approximate surface area is 78.5 Å². The third-order valence-corrected chi connectivity index (χ3v) is 1.81. The fourth-order valence-electron chi connectivity index (χ4n) is 1.22. The SMILES string of the molecule is CC(C)c1ccccc1N=C(N)N. The number of hydrogen-bond donors (Lipinski definition) is 2. The third-order valence-electron chi connectivity index (χ3n) is 1.81. The highest BCUT2D eigenvalue weighted by Crippen LogP contribution is 2.25. The molecule has 0 atom stereocenters. The van der Waals surface area contributed by atoms with Gasteiger partial charge < -0.3 is 11.5 Å². The van der Waals surface area contributed by atoms with Crippen LogP contribution < -0.4 is 11.5 Å². The van der Waals surface area contributed by atoms with Gasteiger partial charge in [-0.2, -0.15) is 0 Å². The molecule has 0 aliphatic rings. The molecule has 1 aromatic rings. The molecule has 1 rings (SSSR count). The molecule has 0 aliphatic heterocycles. The summed E-state index contributed by atoms with van der Waals surface area (Å²) in [5.41, 5.74) is 12.7. The monoisotopic (exact) mass is 177 g/mol. The van der Waals surface area contributed by atoms with Gasteiger partial charge in [0.05, 0.1) is 5.69 Å². The smallest absolute Gasteiger partial charge is 0.191 e. The predicted octanol–water partition coefficient (Wildman–Crippen LogP) is 1.71. The summed E-state index contributed by atoms with van der Waals surface area (Å²) in [6.45, 7) is 4.22. The van der Waals surface area contributed by atoms with Crippen molar-refractivity contribution in [2.24, 2.45) is 16.5 Å². The first-order valence-electron chi connectivity index (χ1n) is 4.30. The number of guanidine groups is 1. The Hall–Kier alpha value is -1.51. The van der Waals surface area contributed by atoms with Crippen LogP contribution in [0.5, 0.6) is 0 Å². The third kappa shape index (κ3) is 2.47. The first kappa shape index (κ1) is 9.58. The van der Waals surface area contributed by atoms with Crippen LogP contribution in [-0.2, 0) is 0 Å². The molecule has 0 aromatic heterocycles. The minimum absolute atomic E-state index is 0.105. The van der Waals surface area contributed by atoms with Crippen LogP contribution in [0.2, 0.25) is 0 Å². The van der Waals surface area contributed by atoms with Crippen molar-refractivity contribution in [2.75, 3.05) is 0 Å². The number of nitrogens with zero attached hydrogens (tertiary/aromatic N) is 1. The van der Waals surface area contributed by atoms with Crippen molar-refractivity contribution < 1.29 is 0 Å². The lowest BCUT2D eigenvalue weighted by Gasteiger charge is -2.08. The molecule has 4 N–H and O–H groups in total. The predicted molar refractivity (Wildman–Crippen MR) is 56.0 cm³/mol. The Morgan fingerprint density at radius 3 is 2.38 bits per heavy atom. The van der Waals surface area contributed by atoms with Gasteiger partial charge in [0, 0.05) is 0 Å². The number of aliphatic imine (C=N–C) groups is 1. The highest BCUT2D eigenvalue weighted by molar-refractivity contribution is 5.79. The molecular weight excluding hydrogens is 162 g/mol. The van der Waals surface area contributed by atoms with E-state index in [-0.39, 0.29) is 5.96 Å². The Morgan fingerprint density at radius 2 is 1.85 bits per heavy atom. The minimum atomic E-state index is 0.105. The Balaban J connectivity index is 3.12. The van der Waals surface area contributed by atoms with Gasteiger partial charge in [-0.1, -0.05) is 32.0 Å². The standard InChI is InChI=1S/C10H15N3/c1-7(2)8-5-3-4-6-9(8)13-10(11)12/h3-7H,1-2H3,(H4,11,12,13). The molecule has 0 amide bonds. The van der Waals surface area contributed by atoms with Crippen LogP contribution in [0.3, 0.4) is 0 Å². The zero-order valence-corrected chi connectivity index (χ0v) is 7.99. The van der Waals surface area contributed by atoms with E-state index in [1.165, 1.54) is 0 Å². The maximum absolute atomic E-state index is 5.32. The molecule has 0 fully saturated rings. The van der Waals surface area contributed by atoms with E-state index in [4.69, 9.17) is 11.5 Å². The molecule has 1 aromatic carbocycles. The molecule has 0 saturated heterocycles. The van der Waals surface area contributed by atoms with E-state index < -0.39 is 0 Å². The maximum Gasteiger partial charge on any atom is 0.191 e. The van der Waals surface area contributed by atoms with Gasteiger partial charge in [-0.15, -0.1) is 0 Å². The van der Waals surface area contributed by atoms with Gasteiger partial charge in [-0.3, -0.25) is 0 Å². The molecule has 0 bridgehead atoms. The van der Waals surface area contributed by atoms with Gasteiger partial charge >= 0.3 is 0 Å². The summed E-state index contributed by atoms with van der Waals surface area (Å²) in [4.78, 5) is 4.05. The van der Waals surface area contributed by atoms with E-state index in [9.17, 15) is 0 Å². The molecule has 0 unspecified atom stereocenters. The first-order chi connectivity index (χ1) is 6.11. The lowest BCUT2D eigenvalue weighted by molar-refractivity contribution is 0.867. The highest BCUT2D eigenvalue weighted by Gasteiger charge is 2.03. The summed E-state index contributed by atoms with van der Waals surface area (Å²) in [7, 11) is 0. The Bertz CT molecular complexity index is 312. The van der Waals surface area contributed by atoms with E-state index in [2.05, 4.69) is 18.8 Å². The van der Waals surface area contributed by atoms with Crippen LogP contribution in [-0.4, -0.2) is 5.96 Å². The fourth-order valence-corrected chi connectivity index (χ4v) is 1.22. The van der Waals surface area contributed by atoms with Crippen LogP contribution in [0.4, 0.5) is 5.69 Å². The van der Waals surface area contributed by atoms with Crippen molar-refractivity contribution in [1.29, 1.82) is 0 Å². The van der Waals surface area contributed by atoms with Crippen molar-refractivity contribution in [3.63, 3.8) is 0 Å². The van der Waals surface area contributed by atoms with E-state index in [1.54, 1.807) is 0 Å². The minimum Gasteiger partial charge on any atom is -0.370 e. The van der Waals surface area contributed by atoms with Crippen molar-refractivity contribution in [3.05, 3.63) is 29.8 Å². The van der Waals surface area contributed by atoms with E-state index in [0.717, 1.165) is 11.3 Å². The summed E-state index contributed by atoms with van der Waals surface area (Å²) in [5.74, 6) is 0.535. The summed E-state index contributed by atoms with van der Waals surface area (Å²) in [6.07, 6.45) is 0. The molecular formula is C10H15N3. The van der Waals surface area contributed by atoms with Gasteiger partial charge in [0.15, 0.2) is 5.96 Å². The number of rotatable bonds is 2. The molecule has 3 heteroatoms. The average molecular weight is 177 g/mol.